The van der Waals surface area contributed by atoms with Gasteiger partial charge >= 0.3 is 0 Å². The van der Waals surface area contributed by atoms with E-state index in [9.17, 15) is 13.2 Å². The maximum atomic E-state index is 11.7. The van der Waals surface area contributed by atoms with Crippen LogP contribution >= 0.6 is 11.6 Å². The summed E-state index contributed by atoms with van der Waals surface area (Å²) >= 11 is 5.89. The third-order valence-corrected chi connectivity index (χ3v) is 3.42. The minimum atomic E-state index is -3.19. The molecule has 0 unspecified atom stereocenters. The van der Waals surface area contributed by atoms with Crippen LogP contribution in [0.5, 0.6) is 0 Å². The van der Waals surface area contributed by atoms with Crippen molar-refractivity contribution in [2.75, 3.05) is 31.3 Å². The van der Waals surface area contributed by atoms with Gasteiger partial charge in [-0.15, -0.1) is 0 Å². The van der Waals surface area contributed by atoms with E-state index in [1.165, 1.54) is 6.20 Å². The van der Waals surface area contributed by atoms with Crippen molar-refractivity contribution < 1.29 is 13.5 Å². The molecule has 0 aliphatic carbocycles. The number of aliphatic hydroxyl groups is 1. The van der Waals surface area contributed by atoms with Crippen LogP contribution < -0.4 is 15.6 Å². The summed E-state index contributed by atoms with van der Waals surface area (Å²) in [5.74, 6) is 0. The van der Waals surface area contributed by atoms with Gasteiger partial charge in [0.05, 0.1) is 31.3 Å². The van der Waals surface area contributed by atoms with E-state index >= 15 is 0 Å². The van der Waals surface area contributed by atoms with Gasteiger partial charge in [0.2, 0.25) is 10.0 Å². The van der Waals surface area contributed by atoms with E-state index in [2.05, 4.69) is 15.1 Å². The Morgan fingerprint density at radius 2 is 2.15 bits per heavy atom. The predicted molar refractivity (Wildman–Crippen MR) is 76.5 cm³/mol. The highest BCUT2D eigenvalue weighted by molar-refractivity contribution is 7.88. The van der Waals surface area contributed by atoms with Crippen molar-refractivity contribution in [2.24, 2.45) is 0 Å². The molecule has 0 spiro atoms. The fraction of sp³-hybridized carbons (Fsp3) is 0.600. The van der Waals surface area contributed by atoms with E-state index in [1.807, 2.05) is 0 Å². The molecule has 1 aromatic rings. The summed E-state index contributed by atoms with van der Waals surface area (Å²) in [5, 5.41) is 15.5. The molecule has 0 amide bonds. The van der Waals surface area contributed by atoms with Gasteiger partial charge in [0.1, 0.15) is 5.02 Å². The van der Waals surface area contributed by atoms with Crippen LogP contribution in [0.25, 0.3) is 0 Å². The molecule has 0 fully saturated rings. The number of nitrogens with zero attached hydrogens (tertiary/aromatic N) is 2. The smallest absolute Gasteiger partial charge is 0.287 e. The second-order valence-corrected chi connectivity index (χ2v) is 6.28. The van der Waals surface area contributed by atoms with Crippen LogP contribution in [0.2, 0.25) is 5.02 Å². The van der Waals surface area contributed by atoms with Crippen molar-refractivity contribution in [1.29, 1.82) is 0 Å². The Labute approximate surface area is 121 Å². The highest BCUT2D eigenvalue weighted by Gasteiger charge is 2.08. The molecule has 1 aromatic heterocycles. The molecule has 1 rings (SSSR count). The van der Waals surface area contributed by atoms with E-state index in [0.29, 0.717) is 25.2 Å². The molecule has 0 radical (unpaired) electrons. The molecule has 3 N–H and O–H groups in total. The minimum absolute atomic E-state index is 0.00970. The zero-order chi connectivity index (χ0) is 15.2. The summed E-state index contributed by atoms with van der Waals surface area (Å²) in [6.07, 6.45) is 3.01. The van der Waals surface area contributed by atoms with Crippen molar-refractivity contribution in [2.45, 2.75) is 13.0 Å². The normalized spacial score (nSPS) is 11.6. The lowest BCUT2D eigenvalue weighted by atomic mass is 10.4. The molecule has 0 atom stereocenters. The first kappa shape index (κ1) is 16.9. The Bertz CT molecular complexity index is 602. The van der Waals surface area contributed by atoms with Gasteiger partial charge in [-0.3, -0.25) is 4.79 Å². The Morgan fingerprint density at radius 1 is 1.45 bits per heavy atom. The lowest BCUT2D eigenvalue weighted by Crippen LogP contribution is -2.26. The molecule has 10 heteroatoms. The molecule has 0 aliphatic heterocycles. The molecule has 114 valence electrons. The maximum absolute atomic E-state index is 11.7. The van der Waals surface area contributed by atoms with Gasteiger partial charge in [0.25, 0.3) is 5.56 Å². The Morgan fingerprint density at radius 3 is 2.75 bits per heavy atom. The second kappa shape index (κ2) is 7.58. The van der Waals surface area contributed by atoms with Gasteiger partial charge in [-0.1, -0.05) is 11.6 Å². The maximum Gasteiger partial charge on any atom is 0.287 e. The fourth-order valence-corrected chi connectivity index (χ4v) is 2.14. The first-order chi connectivity index (χ1) is 9.35. The highest BCUT2D eigenvalue weighted by atomic mass is 35.5. The van der Waals surface area contributed by atoms with E-state index in [4.69, 9.17) is 16.7 Å². The van der Waals surface area contributed by atoms with Gasteiger partial charge < -0.3 is 10.4 Å². The highest BCUT2D eigenvalue weighted by Crippen LogP contribution is 2.14. The van der Waals surface area contributed by atoms with Crippen LogP contribution in [0.1, 0.15) is 6.42 Å². The summed E-state index contributed by atoms with van der Waals surface area (Å²) < 4.78 is 25.1. The standard InChI is InChI=1S/C10H17ClN4O4S/c1-20(18,19)14-4-2-3-12-8-7-13-15(5-6-16)10(17)9(8)11/h7,12,14,16H,2-6H2,1H3. The molecule has 0 aromatic carbocycles. The summed E-state index contributed by atoms with van der Waals surface area (Å²) in [5.41, 5.74) is -0.106. The number of aromatic nitrogens is 2. The number of nitrogens with one attached hydrogen (secondary N) is 2. The van der Waals surface area contributed by atoms with E-state index in [-0.39, 0.29) is 18.2 Å². The summed E-state index contributed by atoms with van der Waals surface area (Å²) in [7, 11) is -3.19. The zero-order valence-electron chi connectivity index (χ0n) is 11.0. The number of rotatable bonds is 8. The summed E-state index contributed by atoms with van der Waals surface area (Å²) in [6.45, 7) is 0.607. The van der Waals surface area contributed by atoms with Gasteiger partial charge in [0.15, 0.2) is 0 Å². The number of hydrogen-bond acceptors (Lipinski definition) is 6. The second-order valence-electron chi connectivity index (χ2n) is 4.07. The van der Waals surface area contributed by atoms with Gasteiger partial charge in [0, 0.05) is 13.1 Å². The van der Waals surface area contributed by atoms with E-state index < -0.39 is 15.6 Å². The molecule has 0 saturated heterocycles. The Hall–Kier alpha value is -1.16. The van der Waals surface area contributed by atoms with Gasteiger partial charge in [-0.05, 0) is 6.42 Å². The van der Waals surface area contributed by atoms with Crippen LogP contribution in [0.4, 0.5) is 5.69 Å². The SMILES string of the molecule is CS(=O)(=O)NCCCNc1cnn(CCO)c(=O)c1Cl. The predicted octanol–water partition coefficient (Wildman–Crippen LogP) is -0.760. The average molecular weight is 325 g/mol. The largest absolute Gasteiger partial charge is 0.394 e. The number of halogens is 1. The van der Waals surface area contributed by atoms with E-state index in [0.717, 1.165) is 10.9 Å². The van der Waals surface area contributed by atoms with Crippen molar-refractivity contribution in [3.8, 4) is 0 Å². The molecule has 8 nitrogen and oxygen atoms in total. The van der Waals surface area contributed by atoms with Crippen LogP contribution in [-0.4, -0.2) is 49.3 Å². The lowest BCUT2D eigenvalue weighted by Gasteiger charge is -2.09. The summed E-state index contributed by atoms with van der Waals surface area (Å²) in [4.78, 5) is 11.7. The number of aliphatic hydroxyl groups excluding tert-OH is 1. The zero-order valence-corrected chi connectivity index (χ0v) is 12.5. The van der Waals surface area contributed by atoms with Crippen LogP contribution in [-0.2, 0) is 16.6 Å². The number of sulfonamides is 1. The van der Waals surface area contributed by atoms with Crippen molar-refractivity contribution in [3.63, 3.8) is 0 Å². The number of hydrogen-bond donors (Lipinski definition) is 3. The summed E-state index contributed by atoms with van der Waals surface area (Å²) in [6, 6.07) is 0. The molecule has 0 aliphatic rings. The topological polar surface area (TPSA) is 113 Å². The Kier molecular flexibility index (Phi) is 6.40. The molecule has 1 heterocycles. The van der Waals surface area contributed by atoms with Crippen molar-refractivity contribution >= 4 is 27.3 Å². The van der Waals surface area contributed by atoms with Crippen LogP contribution in [0.3, 0.4) is 0 Å². The molecular formula is C10H17ClN4O4S. The van der Waals surface area contributed by atoms with Gasteiger partial charge in [-0.25, -0.2) is 17.8 Å². The first-order valence-electron chi connectivity index (χ1n) is 5.90. The third-order valence-electron chi connectivity index (χ3n) is 2.33. The lowest BCUT2D eigenvalue weighted by molar-refractivity contribution is 0.266. The number of anilines is 1. The fourth-order valence-electron chi connectivity index (χ4n) is 1.41. The average Bonchev–Trinajstić information content (AvgIpc) is 2.36. The third kappa shape index (κ3) is 5.45. The van der Waals surface area contributed by atoms with Gasteiger partial charge in [-0.2, -0.15) is 5.10 Å². The Balaban J connectivity index is 2.53. The van der Waals surface area contributed by atoms with Crippen LogP contribution in [0.15, 0.2) is 11.0 Å². The van der Waals surface area contributed by atoms with E-state index in [1.54, 1.807) is 0 Å². The van der Waals surface area contributed by atoms with Crippen LogP contribution in [0, 0.1) is 0 Å². The quantitative estimate of drug-likeness (QED) is 0.542. The molecular weight excluding hydrogens is 308 g/mol. The van der Waals surface area contributed by atoms with Crippen molar-refractivity contribution in [1.82, 2.24) is 14.5 Å². The first-order valence-corrected chi connectivity index (χ1v) is 8.17. The molecule has 0 bridgehead atoms. The monoisotopic (exact) mass is 324 g/mol. The molecule has 0 saturated carbocycles. The minimum Gasteiger partial charge on any atom is -0.394 e. The van der Waals surface area contributed by atoms with Crippen molar-refractivity contribution in [3.05, 3.63) is 21.6 Å². The molecule has 20 heavy (non-hydrogen) atoms.